The maximum absolute atomic E-state index is 12.9. The van der Waals surface area contributed by atoms with Gasteiger partial charge in [-0.2, -0.15) is 18.4 Å². The Morgan fingerprint density at radius 2 is 1.71 bits per heavy atom. The lowest BCUT2D eigenvalue weighted by Gasteiger charge is -2.27. The third-order valence-corrected chi connectivity index (χ3v) is 2.87. The van der Waals surface area contributed by atoms with Crippen LogP contribution in [0.1, 0.15) is 23.6 Å². The van der Waals surface area contributed by atoms with E-state index in [0.29, 0.717) is 5.56 Å². The Hall–Kier alpha value is -1.70. The molecule has 5 heteroatoms. The van der Waals surface area contributed by atoms with Crippen LogP contribution in [0.25, 0.3) is 0 Å². The van der Waals surface area contributed by atoms with E-state index in [1.165, 1.54) is 32.0 Å². The van der Waals surface area contributed by atoms with Gasteiger partial charge in [0.2, 0.25) is 0 Å². The molecule has 0 amide bonds. The van der Waals surface area contributed by atoms with E-state index in [0.717, 1.165) is 6.92 Å². The van der Waals surface area contributed by atoms with E-state index in [2.05, 4.69) is 0 Å². The van der Waals surface area contributed by atoms with Gasteiger partial charge in [-0.1, -0.05) is 6.07 Å². The number of nitrogens with zero attached hydrogens (tertiary/aromatic N) is 1. The first-order chi connectivity index (χ1) is 7.63. The van der Waals surface area contributed by atoms with Gasteiger partial charge in [0.25, 0.3) is 0 Å². The van der Waals surface area contributed by atoms with E-state index in [9.17, 15) is 18.3 Å². The molecule has 0 saturated carbocycles. The highest BCUT2D eigenvalue weighted by Crippen LogP contribution is 2.42. The van der Waals surface area contributed by atoms with Crippen LogP contribution in [0.2, 0.25) is 0 Å². The van der Waals surface area contributed by atoms with Crippen molar-refractivity contribution < 1.29 is 18.3 Å². The van der Waals surface area contributed by atoms with Crippen molar-refractivity contribution in [2.75, 3.05) is 0 Å². The topological polar surface area (TPSA) is 44.0 Å². The molecule has 0 bridgehead atoms. The standard InChI is InChI=1S/C12H12F3NO/c1-7-5-10(17)8(2)4-9(7)11(3,6-16)12(13,14)15/h4-5,17H,1-3H3. The van der Waals surface area contributed by atoms with Crippen molar-refractivity contribution in [3.8, 4) is 11.8 Å². The molecule has 1 N–H and O–H groups in total. The molecule has 17 heavy (non-hydrogen) atoms. The SMILES string of the molecule is Cc1cc(C(C)(C#N)C(F)(F)F)c(C)cc1O. The maximum Gasteiger partial charge on any atom is 0.410 e. The number of aryl methyl sites for hydroxylation is 2. The lowest BCUT2D eigenvalue weighted by atomic mass is 9.80. The van der Waals surface area contributed by atoms with Gasteiger partial charge in [-0.15, -0.1) is 0 Å². The molecule has 1 unspecified atom stereocenters. The lowest BCUT2D eigenvalue weighted by molar-refractivity contribution is -0.168. The highest BCUT2D eigenvalue weighted by atomic mass is 19.4. The van der Waals surface area contributed by atoms with Crippen LogP contribution in [-0.4, -0.2) is 11.3 Å². The predicted molar refractivity (Wildman–Crippen MR) is 56.6 cm³/mol. The Morgan fingerprint density at radius 3 is 2.12 bits per heavy atom. The second-order valence-electron chi connectivity index (χ2n) is 4.19. The third kappa shape index (κ3) is 2.07. The van der Waals surface area contributed by atoms with E-state index in [1.54, 1.807) is 0 Å². The fourth-order valence-electron chi connectivity index (χ4n) is 1.62. The van der Waals surface area contributed by atoms with Gasteiger partial charge in [-0.25, -0.2) is 0 Å². The number of aromatic hydroxyl groups is 1. The van der Waals surface area contributed by atoms with Gasteiger partial charge in [0.1, 0.15) is 5.75 Å². The fraction of sp³-hybridized carbons (Fsp3) is 0.417. The monoisotopic (exact) mass is 243 g/mol. The van der Waals surface area contributed by atoms with Crippen molar-refractivity contribution in [1.29, 1.82) is 5.26 Å². The van der Waals surface area contributed by atoms with Crippen molar-refractivity contribution in [1.82, 2.24) is 0 Å². The predicted octanol–water partition coefficient (Wildman–Crippen LogP) is 3.35. The molecule has 0 radical (unpaired) electrons. The van der Waals surface area contributed by atoms with Crippen LogP contribution in [0.5, 0.6) is 5.75 Å². The number of rotatable bonds is 1. The van der Waals surface area contributed by atoms with Crippen LogP contribution < -0.4 is 0 Å². The Balaban J connectivity index is 3.53. The molecule has 2 nitrogen and oxygen atoms in total. The smallest absolute Gasteiger partial charge is 0.410 e. The summed E-state index contributed by atoms with van der Waals surface area (Å²) in [6.07, 6.45) is -4.66. The molecule has 0 saturated heterocycles. The van der Waals surface area contributed by atoms with Gasteiger partial charge in [0.15, 0.2) is 5.41 Å². The fourth-order valence-corrected chi connectivity index (χ4v) is 1.62. The second kappa shape index (κ2) is 3.95. The molecule has 0 spiro atoms. The van der Waals surface area contributed by atoms with E-state index < -0.39 is 11.6 Å². The van der Waals surface area contributed by atoms with Gasteiger partial charge in [-0.05, 0) is 43.5 Å². The summed E-state index contributed by atoms with van der Waals surface area (Å²) in [7, 11) is 0. The summed E-state index contributed by atoms with van der Waals surface area (Å²) in [5.74, 6) is -0.0753. The Labute approximate surface area is 97.3 Å². The average molecular weight is 243 g/mol. The molecule has 0 heterocycles. The van der Waals surface area contributed by atoms with E-state index in [1.807, 2.05) is 0 Å². The molecule has 1 atom stereocenters. The maximum atomic E-state index is 12.9. The minimum absolute atomic E-state index is 0.0753. The molecule has 92 valence electrons. The van der Waals surface area contributed by atoms with Crippen LogP contribution in [0.3, 0.4) is 0 Å². The van der Waals surface area contributed by atoms with Crippen molar-refractivity contribution >= 4 is 0 Å². The first-order valence-corrected chi connectivity index (χ1v) is 4.92. The molecule has 0 aliphatic carbocycles. The summed E-state index contributed by atoms with van der Waals surface area (Å²) < 4.78 is 38.8. The second-order valence-corrected chi connectivity index (χ2v) is 4.19. The normalized spacial score (nSPS) is 15.1. The third-order valence-electron chi connectivity index (χ3n) is 2.87. The quantitative estimate of drug-likeness (QED) is 0.821. The van der Waals surface area contributed by atoms with Gasteiger partial charge in [0, 0.05) is 0 Å². The summed E-state index contributed by atoms with van der Waals surface area (Å²) in [6.45, 7) is 3.77. The minimum Gasteiger partial charge on any atom is -0.508 e. The number of hydrogen-bond donors (Lipinski definition) is 1. The highest BCUT2D eigenvalue weighted by Gasteiger charge is 2.53. The zero-order valence-corrected chi connectivity index (χ0v) is 9.68. The number of alkyl halides is 3. The largest absolute Gasteiger partial charge is 0.508 e. The first kappa shape index (κ1) is 13.4. The van der Waals surface area contributed by atoms with Crippen molar-refractivity contribution in [3.63, 3.8) is 0 Å². The van der Waals surface area contributed by atoms with Crippen LogP contribution in [0.4, 0.5) is 13.2 Å². The Kier molecular flexibility index (Phi) is 3.11. The van der Waals surface area contributed by atoms with E-state index in [-0.39, 0.29) is 16.9 Å². The molecular weight excluding hydrogens is 231 g/mol. The molecule has 1 aromatic carbocycles. The minimum atomic E-state index is -4.66. The molecule has 0 aliphatic rings. The van der Waals surface area contributed by atoms with Gasteiger partial charge < -0.3 is 5.11 Å². The molecule has 0 aromatic heterocycles. The number of phenols is 1. The summed E-state index contributed by atoms with van der Waals surface area (Å²) >= 11 is 0. The average Bonchev–Trinajstić information content (AvgIpc) is 2.20. The molecule has 0 fully saturated rings. The van der Waals surface area contributed by atoms with Gasteiger partial charge >= 0.3 is 6.18 Å². The van der Waals surface area contributed by atoms with E-state index >= 15 is 0 Å². The van der Waals surface area contributed by atoms with Crippen LogP contribution in [-0.2, 0) is 5.41 Å². The molecule has 1 aromatic rings. The zero-order chi connectivity index (χ0) is 13.4. The first-order valence-electron chi connectivity index (χ1n) is 4.92. The van der Waals surface area contributed by atoms with Gasteiger partial charge in [0.05, 0.1) is 6.07 Å². The van der Waals surface area contributed by atoms with E-state index in [4.69, 9.17) is 5.26 Å². The highest BCUT2D eigenvalue weighted by molar-refractivity contribution is 5.47. The van der Waals surface area contributed by atoms with Crippen molar-refractivity contribution in [3.05, 3.63) is 28.8 Å². The summed E-state index contributed by atoms with van der Waals surface area (Å²) in [6, 6.07) is 3.77. The van der Waals surface area contributed by atoms with Crippen molar-refractivity contribution in [2.45, 2.75) is 32.4 Å². The lowest BCUT2D eigenvalue weighted by Crippen LogP contribution is -2.38. The van der Waals surface area contributed by atoms with Crippen molar-refractivity contribution in [2.24, 2.45) is 0 Å². The Bertz CT molecular complexity index is 488. The number of hydrogen-bond acceptors (Lipinski definition) is 2. The Morgan fingerprint density at radius 1 is 1.18 bits per heavy atom. The molecule has 0 aliphatic heterocycles. The number of nitriles is 1. The van der Waals surface area contributed by atoms with Crippen LogP contribution >= 0.6 is 0 Å². The number of phenolic OH excluding ortho intramolecular Hbond substituents is 1. The summed E-state index contributed by atoms with van der Waals surface area (Å²) in [4.78, 5) is 0. The molecular formula is C12H12F3NO. The van der Waals surface area contributed by atoms with Crippen LogP contribution in [0, 0.1) is 25.2 Å². The zero-order valence-electron chi connectivity index (χ0n) is 9.68. The number of benzene rings is 1. The molecule has 1 rings (SSSR count). The van der Waals surface area contributed by atoms with Gasteiger partial charge in [-0.3, -0.25) is 0 Å². The number of halogens is 3. The summed E-state index contributed by atoms with van der Waals surface area (Å²) in [5.41, 5.74) is -2.12. The van der Waals surface area contributed by atoms with Crippen LogP contribution in [0.15, 0.2) is 12.1 Å². The summed E-state index contributed by atoms with van der Waals surface area (Å²) in [5, 5.41) is 18.2.